The van der Waals surface area contributed by atoms with E-state index in [2.05, 4.69) is 16.1 Å². The van der Waals surface area contributed by atoms with Crippen molar-refractivity contribution in [2.75, 3.05) is 26.2 Å². The highest BCUT2D eigenvalue weighted by Gasteiger charge is 2.25. The first-order chi connectivity index (χ1) is 15.0. The molecule has 8 nitrogen and oxygen atoms in total. The van der Waals surface area contributed by atoms with Gasteiger partial charge in [0.2, 0.25) is 0 Å². The molecule has 2 aromatic heterocycles. The summed E-state index contributed by atoms with van der Waals surface area (Å²) in [7, 11) is 0. The van der Waals surface area contributed by atoms with Crippen LogP contribution in [0.5, 0.6) is 5.75 Å². The number of amides is 1. The Hall–Kier alpha value is -3.57. The van der Waals surface area contributed by atoms with E-state index >= 15 is 0 Å². The molecule has 1 aliphatic rings. The number of nitriles is 1. The summed E-state index contributed by atoms with van der Waals surface area (Å²) >= 11 is 0. The van der Waals surface area contributed by atoms with Gasteiger partial charge in [-0.15, -0.1) is 0 Å². The Bertz CT molecular complexity index is 1080. The Morgan fingerprint density at radius 2 is 1.94 bits per heavy atom. The molecule has 0 bridgehead atoms. The number of carbonyl (C=O) groups excluding carboxylic acids is 1. The van der Waals surface area contributed by atoms with Gasteiger partial charge < -0.3 is 18.6 Å². The number of nitrogens with zero attached hydrogens (tertiary/aromatic N) is 4. The summed E-state index contributed by atoms with van der Waals surface area (Å²) in [5.41, 5.74) is 2.49. The van der Waals surface area contributed by atoms with Gasteiger partial charge in [0.15, 0.2) is 5.76 Å². The summed E-state index contributed by atoms with van der Waals surface area (Å²) < 4.78 is 16.6. The molecule has 4 rings (SSSR count). The molecule has 0 N–H and O–H groups in total. The molecule has 160 valence electrons. The van der Waals surface area contributed by atoms with Crippen LogP contribution >= 0.6 is 0 Å². The van der Waals surface area contributed by atoms with Crippen LogP contribution in [0.25, 0.3) is 0 Å². The third kappa shape index (κ3) is 4.62. The van der Waals surface area contributed by atoms with E-state index in [0.717, 1.165) is 36.7 Å². The maximum atomic E-state index is 12.8. The number of hydrogen-bond donors (Lipinski definition) is 0. The van der Waals surface area contributed by atoms with Gasteiger partial charge in [-0.3, -0.25) is 9.69 Å². The monoisotopic (exact) mass is 420 g/mol. The molecular formula is C23H24N4O4. The Kier molecular flexibility index (Phi) is 6.05. The van der Waals surface area contributed by atoms with Crippen LogP contribution in [0.4, 0.5) is 0 Å². The first-order valence-corrected chi connectivity index (χ1v) is 10.2. The molecule has 31 heavy (non-hydrogen) atoms. The number of benzene rings is 1. The highest BCUT2D eigenvalue weighted by atomic mass is 16.5. The first kappa shape index (κ1) is 20.7. The maximum absolute atomic E-state index is 12.8. The number of aryl methyl sites for hydroxylation is 2. The maximum Gasteiger partial charge on any atom is 0.289 e. The van der Waals surface area contributed by atoms with Crippen molar-refractivity contribution in [2.45, 2.75) is 27.0 Å². The normalized spacial score (nSPS) is 14.4. The van der Waals surface area contributed by atoms with Gasteiger partial charge >= 0.3 is 0 Å². The lowest BCUT2D eigenvalue weighted by atomic mass is 10.1. The number of rotatable bonds is 6. The van der Waals surface area contributed by atoms with Crippen molar-refractivity contribution in [1.29, 1.82) is 5.26 Å². The van der Waals surface area contributed by atoms with Crippen LogP contribution in [0.2, 0.25) is 0 Å². The molecule has 0 unspecified atom stereocenters. The van der Waals surface area contributed by atoms with Crippen LogP contribution in [0.15, 0.2) is 45.3 Å². The molecule has 0 spiro atoms. The number of piperazine rings is 1. The zero-order valence-electron chi connectivity index (χ0n) is 17.6. The summed E-state index contributed by atoms with van der Waals surface area (Å²) in [5, 5.41) is 13.1. The van der Waals surface area contributed by atoms with Gasteiger partial charge in [0.05, 0.1) is 11.3 Å². The minimum absolute atomic E-state index is 0.124. The quantitative estimate of drug-likeness (QED) is 0.604. The second-order valence-corrected chi connectivity index (χ2v) is 7.53. The van der Waals surface area contributed by atoms with Crippen molar-refractivity contribution < 1.29 is 18.5 Å². The van der Waals surface area contributed by atoms with Crippen molar-refractivity contribution in [1.82, 2.24) is 15.0 Å². The molecule has 3 aromatic rings. The molecule has 1 aromatic carbocycles. The molecule has 0 atom stereocenters. The summed E-state index contributed by atoms with van der Waals surface area (Å²) in [6.07, 6.45) is 0. The molecule has 3 heterocycles. The summed E-state index contributed by atoms with van der Waals surface area (Å²) in [6, 6.07) is 12.5. The van der Waals surface area contributed by atoms with Gasteiger partial charge in [-0.05, 0) is 38.1 Å². The van der Waals surface area contributed by atoms with Crippen LogP contribution in [0, 0.1) is 25.2 Å². The summed E-state index contributed by atoms with van der Waals surface area (Å²) in [4.78, 5) is 16.9. The van der Waals surface area contributed by atoms with Crippen molar-refractivity contribution in [2.24, 2.45) is 0 Å². The highest BCUT2D eigenvalue weighted by Crippen LogP contribution is 2.20. The third-order valence-corrected chi connectivity index (χ3v) is 5.47. The van der Waals surface area contributed by atoms with Crippen molar-refractivity contribution in [3.63, 3.8) is 0 Å². The van der Waals surface area contributed by atoms with Gasteiger partial charge in [-0.2, -0.15) is 5.26 Å². The van der Waals surface area contributed by atoms with E-state index in [4.69, 9.17) is 18.9 Å². The van der Waals surface area contributed by atoms with Crippen molar-refractivity contribution in [3.05, 3.63) is 70.5 Å². The van der Waals surface area contributed by atoms with Crippen LogP contribution in [-0.2, 0) is 13.2 Å². The van der Waals surface area contributed by atoms with Crippen LogP contribution in [0.3, 0.4) is 0 Å². The number of furan rings is 1. The number of carbonyl (C=O) groups is 1. The van der Waals surface area contributed by atoms with E-state index in [1.54, 1.807) is 41.3 Å². The minimum atomic E-state index is -0.124. The van der Waals surface area contributed by atoms with Gasteiger partial charge in [0.1, 0.15) is 29.9 Å². The molecule has 1 aliphatic heterocycles. The van der Waals surface area contributed by atoms with E-state index in [9.17, 15) is 4.79 Å². The topological polar surface area (TPSA) is 95.7 Å². The van der Waals surface area contributed by atoms with Crippen LogP contribution in [-0.4, -0.2) is 47.0 Å². The number of ether oxygens (including phenoxy) is 1. The lowest BCUT2D eigenvalue weighted by Crippen LogP contribution is -2.48. The zero-order valence-corrected chi connectivity index (χ0v) is 17.6. The second kappa shape index (κ2) is 9.06. The van der Waals surface area contributed by atoms with E-state index in [1.807, 2.05) is 13.8 Å². The standard InChI is InChI=1S/C23H24N4O4/c1-16-20(17(2)31-25-16)14-26-9-11-27(12-10-26)23(28)22-8-7-19(30-22)15-29-21-6-4-3-5-18(21)13-24/h3-8H,9-12,14-15H2,1-2H3. The summed E-state index contributed by atoms with van der Waals surface area (Å²) in [5.74, 6) is 2.04. The number of hydrogen-bond acceptors (Lipinski definition) is 7. The van der Waals surface area contributed by atoms with Crippen LogP contribution in [0.1, 0.15) is 38.9 Å². The summed E-state index contributed by atoms with van der Waals surface area (Å²) in [6.45, 7) is 7.60. The highest BCUT2D eigenvalue weighted by molar-refractivity contribution is 5.91. The largest absolute Gasteiger partial charge is 0.484 e. The Morgan fingerprint density at radius 3 is 2.65 bits per heavy atom. The number of aromatic nitrogens is 1. The van der Waals surface area contributed by atoms with E-state index in [0.29, 0.717) is 35.9 Å². The average Bonchev–Trinajstić information content (AvgIpc) is 3.40. The third-order valence-electron chi connectivity index (χ3n) is 5.47. The van der Waals surface area contributed by atoms with E-state index in [-0.39, 0.29) is 12.5 Å². The first-order valence-electron chi connectivity index (χ1n) is 10.2. The molecule has 0 radical (unpaired) electrons. The predicted octanol–water partition coefficient (Wildman–Crippen LogP) is 3.29. The fourth-order valence-electron chi connectivity index (χ4n) is 3.62. The Labute approximate surface area is 180 Å². The molecule has 1 fully saturated rings. The Morgan fingerprint density at radius 1 is 1.16 bits per heavy atom. The van der Waals surface area contributed by atoms with Crippen LogP contribution < -0.4 is 4.74 Å². The lowest BCUT2D eigenvalue weighted by Gasteiger charge is -2.34. The molecule has 1 saturated heterocycles. The average molecular weight is 420 g/mol. The number of para-hydroxylation sites is 1. The molecule has 1 amide bonds. The van der Waals surface area contributed by atoms with Crippen molar-refractivity contribution in [3.8, 4) is 11.8 Å². The predicted molar refractivity (Wildman–Crippen MR) is 111 cm³/mol. The molecule has 8 heteroatoms. The van der Waals surface area contributed by atoms with Gasteiger partial charge in [0, 0.05) is 38.3 Å². The smallest absolute Gasteiger partial charge is 0.289 e. The zero-order chi connectivity index (χ0) is 21.8. The van der Waals surface area contributed by atoms with Gasteiger partial charge in [-0.25, -0.2) is 0 Å². The van der Waals surface area contributed by atoms with E-state index < -0.39 is 0 Å². The van der Waals surface area contributed by atoms with Gasteiger partial charge in [0.25, 0.3) is 5.91 Å². The van der Waals surface area contributed by atoms with Crippen molar-refractivity contribution >= 4 is 5.91 Å². The molecular weight excluding hydrogens is 396 g/mol. The fourth-order valence-corrected chi connectivity index (χ4v) is 3.62. The fraction of sp³-hybridized carbons (Fsp3) is 0.348. The SMILES string of the molecule is Cc1noc(C)c1CN1CCN(C(=O)c2ccc(COc3ccccc3C#N)o2)CC1. The molecule has 0 aliphatic carbocycles. The lowest BCUT2D eigenvalue weighted by molar-refractivity contribution is 0.0593. The second-order valence-electron chi connectivity index (χ2n) is 7.53. The molecule has 0 saturated carbocycles. The minimum Gasteiger partial charge on any atom is -0.484 e. The van der Waals surface area contributed by atoms with E-state index in [1.165, 1.54) is 0 Å². The Balaban J connectivity index is 1.31. The van der Waals surface area contributed by atoms with Gasteiger partial charge in [-0.1, -0.05) is 17.3 Å².